The van der Waals surface area contributed by atoms with Crippen molar-refractivity contribution in [2.24, 2.45) is 0 Å². The van der Waals surface area contributed by atoms with Crippen molar-refractivity contribution in [1.82, 2.24) is 24.5 Å². The summed E-state index contributed by atoms with van der Waals surface area (Å²) in [5.41, 5.74) is 0.805. The van der Waals surface area contributed by atoms with Crippen LogP contribution in [-0.4, -0.2) is 50.8 Å². The van der Waals surface area contributed by atoms with E-state index < -0.39 is 6.55 Å². The Kier molecular flexibility index (Phi) is 4.18. The molecule has 0 saturated carbocycles. The Labute approximate surface area is 146 Å². The average Bonchev–Trinajstić information content (AvgIpc) is 3.02. The van der Waals surface area contributed by atoms with Gasteiger partial charge in [-0.3, -0.25) is 4.98 Å². The van der Waals surface area contributed by atoms with Gasteiger partial charge in [0.2, 0.25) is 5.28 Å². The molecule has 7 nitrogen and oxygen atoms in total. The summed E-state index contributed by atoms with van der Waals surface area (Å²) in [6.07, 6.45) is 3.04. The summed E-state index contributed by atoms with van der Waals surface area (Å²) in [5.74, 6) is 0.534. The molecule has 0 aromatic carbocycles. The maximum Gasteiger partial charge on any atom is 0.321 e. The number of alkyl halides is 2. The van der Waals surface area contributed by atoms with E-state index in [9.17, 15) is 8.78 Å². The zero-order valence-corrected chi connectivity index (χ0v) is 13.7. The highest BCUT2D eigenvalue weighted by atomic mass is 35.5. The number of hydrogen-bond acceptors (Lipinski definition) is 6. The fourth-order valence-electron chi connectivity index (χ4n) is 2.82. The van der Waals surface area contributed by atoms with Gasteiger partial charge in [-0.25, -0.2) is 9.55 Å². The molecule has 3 aromatic rings. The van der Waals surface area contributed by atoms with Crippen molar-refractivity contribution < 1.29 is 13.5 Å². The number of fused-ring (bicyclic) bond motifs is 1. The molecule has 0 unspecified atom stereocenters. The first-order chi connectivity index (χ1) is 12.1. The van der Waals surface area contributed by atoms with Gasteiger partial charge in [0.25, 0.3) is 0 Å². The lowest BCUT2D eigenvalue weighted by atomic mass is 10.2. The molecule has 0 atom stereocenters. The first kappa shape index (κ1) is 16.1. The third-order valence-electron chi connectivity index (χ3n) is 3.94. The Morgan fingerprint density at radius 1 is 1.08 bits per heavy atom. The second-order valence-corrected chi connectivity index (χ2v) is 5.74. The van der Waals surface area contributed by atoms with E-state index in [4.69, 9.17) is 16.3 Å². The van der Waals surface area contributed by atoms with Gasteiger partial charge < -0.3 is 9.64 Å². The SMILES string of the molecule is FC(F)n1c(-c2ccncc2)nc2c(N3CCOCC3)nc(Cl)nc21. The molecule has 25 heavy (non-hydrogen) atoms. The van der Waals surface area contributed by atoms with Crippen molar-refractivity contribution in [2.45, 2.75) is 6.55 Å². The van der Waals surface area contributed by atoms with Crippen LogP contribution in [0.5, 0.6) is 0 Å². The van der Waals surface area contributed by atoms with Gasteiger partial charge >= 0.3 is 6.55 Å². The number of anilines is 1. The Balaban J connectivity index is 1.96. The number of aromatic nitrogens is 5. The highest BCUT2D eigenvalue weighted by Crippen LogP contribution is 2.33. The molecule has 0 aliphatic carbocycles. The number of rotatable bonds is 3. The van der Waals surface area contributed by atoms with Gasteiger partial charge in [0, 0.05) is 31.0 Å². The molecule has 1 aliphatic heterocycles. The second kappa shape index (κ2) is 6.49. The molecule has 3 aromatic heterocycles. The van der Waals surface area contributed by atoms with E-state index in [2.05, 4.69) is 19.9 Å². The van der Waals surface area contributed by atoms with Crippen LogP contribution in [0.3, 0.4) is 0 Å². The van der Waals surface area contributed by atoms with Crippen LogP contribution in [0.4, 0.5) is 14.6 Å². The Morgan fingerprint density at radius 2 is 1.80 bits per heavy atom. The lowest BCUT2D eigenvalue weighted by Crippen LogP contribution is -2.37. The predicted octanol–water partition coefficient (Wildman–Crippen LogP) is 2.77. The number of pyridine rings is 1. The molecule has 130 valence electrons. The molecule has 10 heteroatoms. The summed E-state index contributed by atoms with van der Waals surface area (Å²) in [5, 5.41) is -0.0999. The zero-order valence-electron chi connectivity index (χ0n) is 12.9. The van der Waals surface area contributed by atoms with Crippen LogP contribution in [0.2, 0.25) is 5.28 Å². The lowest BCUT2D eigenvalue weighted by molar-refractivity contribution is 0.0758. The van der Waals surface area contributed by atoms with Gasteiger partial charge in [-0.15, -0.1) is 0 Å². The van der Waals surface area contributed by atoms with Gasteiger partial charge in [-0.05, 0) is 23.7 Å². The Morgan fingerprint density at radius 3 is 2.48 bits per heavy atom. The zero-order chi connectivity index (χ0) is 17.4. The van der Waals surface area contributed by atoms with Crippen molar-refractivity contribution in [3.05, 3.63) is 29.8 Å². The van der Waals surface area contributed by atoms with E-state index in [1.54, 1.807) is 12.1 Å². The highest BCUT2D eigenvalue weighted by Gasteiger charge is 2.26. The minimum atomic E-state index is -2.82. The molecule has 1 aliphatic rings. The summed E-state index contributed by atoms with van der Waals surface area (Å²) in [4.78, 5) is 18.5. The van der Waals surface area contributed by atoms with Crippen LogP contribution in [0.15, 0.2) is 24.5 Å². The molecule has 0 bridgehead atoms. The number of ether oxygens (including phenoxy) is 1. The van der Waals surface area contributed by atoms with Crippen LogP contribution >= 0.6 is 11.6 Å². The molecule has 1 fully saturated rings. The minimum Gasteiger partial charge on any atom is -0.378 e. The number of imidazole rings is 1. The first-order valence-electron chi connectivity index (χ1n) is 7.62. The Hall–Kier alpha value is -2.39. The van der Waals surface area contributed by atoms with Crippen LogP contribution in [0.1, 0.15) is 6.55 Å². The van der Waals surface area contributed by atoms with Crippen molar-refractivity contribution in [2.75, 3.05) is 31.2 Å². The largest absolute Gasteiger partial charge is 0.378 e. The van der Waals surface area contributed by atoms with Crippen LogP contribution < -0.4 is 4.90 Å². The van der Waals surface area contributed by atoms with Crippen molar-refractivity contribution in [3.8, 4) is 11.4 Å². The quantitative estimate of drug-likeness (QED) is 0.664. The highest BCUT2D eigenvalue weighted by molar-refractivity contribution is 6.28. The first-order valence-corrected chi connectivity index (χ1v) is 7.99. The van der Waals surface area contributed by atoms with Gasteiger partial charge in [-0.1, -0.05) is 0 Å². The topological polar surface area (TPSA) is 69.0 Å². The summed E-state index contributed by atoms with van der Waals surface area (Å²) >= 11 is 6.00. The monoisotopic (exact) mass is 366 g/mol. The van der Waals surface area contributed by atoms with Crippen molar-refractivity contribution in [1.29, 1.82) is 0 Å². The van der Waals surface area contributed by atoms with E-state index in [-0.39, 0.29) is 16.8 Å². The molecule has 0 radical (unpaired) electrons. The second-order valence-electron chi connectivity index (χ2n) is 5.41. The fraction of sp³-hybridized carbons (Fsp3) is 0.333. The van der Waals surface area contributed by atoms with Gasteiger partial charge in [0.15, 0.2) is 17.0 Å². The number of morpholine rings is 1. The number of hydrogen-bond donors (Lipinski definition) is 0. The molecular formula is C15H13ClF2N6O. The molecule has 0 spiro atoms. The average molecular weight is 367 g/mol. The third-order valence-corrected chi connectivity index (χ3v) is 4.11. The molecular weight excluding hydrogens is 354 g/mol. The van der Waals surface area contributed by atoms with Crippen molar-refractivity contribution in [3.63, 3.8) is 0 Å². The standard InChI is InChI=1S/C15H13ClF2N6O/c16-14-21-12(23-5-7-25-8-6-23)10-13(22-14)24(15(17)18)11(20-10)9-1-3-19-4-2-9/h1-4,15H,5-8H2. The van der Waals surface area contributed by atoms with E-state index in [0.717, 1.165) is 4.57 Å². The maximum absolute atomic E-state index is 13.8. The fourth-order valence-corrected chi connectivity index (χ4v) is 2.98. The third kappa shape index (κ3) is 2.89. The van der Waals surface area contributed by atoms with Gasteiger partial charge in [0.05, 0.1) is 13.2 Å². The van der Waals surface area contributed by atoms with Crippen LogP contribution in [0.25, 0.3) is 22.6 Å². The maximum atomic E-state index is 13.8. The Bertz CT molecular complexity index is 898. The molecule has 1 saturated heterocycles. The van der Waals surface area contributed by atoms with Gasteiger partial charge in [-0.2, -0.15) is 18.7 Å². The minimum absolute atomic E-state index is 0.00306. The van der Waals surface area contributed by atoms with E-state index >= 15 is 0 Å². The van der Waals surface area contributed by atoms with E-state index in [1.165, 1.54) is 12.4 Å². The normalized spacial score (nSPS) is 15.3. The number of halogens is 3. The number of nitrogens with zero attached hydrogens (tertiary/aromatic N) is 6. The van der Waals surface area contributed by atoms with Crippen LogP contribution in [-0.2, 0) is 4.74 Å². The molecule has 4 rings (SSSR count). The molecule has 4 heterocycles. The molecule has 0 amide bonds. The summed E-state index contributed by atoms with van der Waals surface area (Å²) in [6, 6.07) is 3.23. The van der Waals surface area contributed by atoms with Crippen molar-refractivity contribution >= 4 is 28.6 Å². The van der Waals surface area contributed by atoms with E-state index in [1.807, 2.05) is 4.90 Å². The smallest absolute Gasteiger partial charge is 0.321 e. The van der Waals surface area contributed by atoms with Crippen LogP contribution in [0, 0.1) is 0 Å². The van der Waals surface area contributed by atoms with Gasteiger partial charge in [0.1, 0.15) is 5.82 Å². The summed E-state index contributed by atoms with van der Waals surface area (Å²) < 4.78 is 33.6. The lowest BCUT2D eigenvalue weighted by Gasteiger charge is -2.27. The summed E-state index contributed by atoms with van der Waals surface area (Å²) in [7, 11) is 0. The summed E-state index contributed by atoms with van der Waals surface area (Å²) in [6.45, 7) is -0.619. The molecule has 0 N–H and O–H groups in total. The van der Waals surface area contributed by atoms with E-state index in [0.29, 0.717) is 43.2 Å². The predicted molar refractivity (Wildman–Crippen MR) is 87.8 cm³/mol.